The van der Waals surface area contributed by atoms with Crippen LogP contribution >= 0.6 is 0 Å². The fourth-order valence-electron chi connectivity index (χ4n) is 1.85. The van der Waals surface area contributed by atoms with Crippen LogP contribution in [-0.2, 0) is 4.74 Å². The van der Waals surface area contributed by atoms with E-state index in [0.29, 0.717) is 11.6 Å². The Morgan fingerprint density at radius 3 is 3.00 bits per heavy atom. The molecule has 90 valence electrons. The van der Waals surface area contributed by atoms with E-state index in [1.54, 1.807) is 12.4 Å². The first-order chi connectivity index (χ1) is 8.33. The minimum atomic E-state index is 0.464. The number of nitrogens with one attached hydrogen (secondary N) is 1. The molecule has 1 aliphatic heterocycles. The Hall–Kier alpha value is -1.86. The van der Waals surface area contributed by atoms with Gasteiger partial charge in [0.25, 0.3) is 0 Å². The van der Waals surface area contributed by atoms with Crippen molar-refractivity contribution in [1.29, 1.82) is 0 Å². The summed E-state index contributed by atoms with van der Waals surface area (Å²) in [6.07, 6.45) is 5.31. The van der Waals surface area contributed by atoms with Gasteiger partial charge in [-0.05, 0) is 0 Å². The number of hydrazine groups is 1. The summed E-state index contributed by atoms with van der Waals surface area (Å²) in [5.41, 5.74) is 9.74. The van der Waals surface area contributed by atoms with Crippen molar-refractivity contribution >= 4 is 17.3 Å². The molecule has 0 bridgehead atoms. The van der Waals surface area contributed by atoms with Gasteiger partial charge in [0.15, 0.2) is 11.5 Å². The lowest BCUT2D eigenvalue weighted by molar-refractivity contribution is 0.0495. The van der Waals surface area contributed by atoms with Crippen LogP contribution in [0.5, 0.6) is 0 Å². The van der Waals surface area contributed by atoms with Gasteiger partial charge in [0.1, 0.15) is 5.82 Å². The highest BCUT2D eigenvalue weighted by Crippen LogP contribution is 2.15. The lowest BCUT2D eigenvalue weighted by Gasteiger charge is -2.27. The van der Waals surface area contributed by atoms with Crippen LogP contribution in [0.2, 0.25) is 0 Å². The summed E-state index contributed by atoms with van der Waals surface area (Å²) in [5, 5.41) is 2.06. The van der Waals surface area contributed by atoms with E-state index in [0.717, 1.165) is 32.0 Å². The zero-order chi connectivity index (χ0) is 11.7. The average molecular weight is 234 g/mol. The Balaban J connectivity index is 1.90. The number of nitrogens with zero attached hydrogens (tertiary/aromatic N) is 4. The quantitative estimate of drug-likeness (QED) is 0.759. The predicted octanol–water partition coefficient (Wildman–Crippen LogP) is -0.0294. The fourth-order valence-corrected chi connectivity index (χ4v) is 1.85. The number of fused-ring (bicyclic) bond motifs is 1. The second-order valence-corrected chi connectivity index (χ2v) is 3.88. The van der Waals surface area contributed by atoms with Crippen molar-refractivity contribution < 1.29 is 4.74 Å². The maximum Gasteiger partial charge on any atom is 0.186 e. The van der Waals surface area contributed by atoms with Crippen molar-refractivity contribution in [3.63, 3.8) is 0 Å². The maximum absolute atomic E-state index is 5.75. The largest absolute Gasteiger partial charge is 0.382 e. The van der Waals surface area contributed by atoms with Crippen molar-refractivity contribution in [3.05, 3.63) is 18.6 Å². The SMILES string of the molecule is Nc1cn2ccnc2c(NN2CCOCC2)n1. The van der Waals surface area contributed by atoms with E-state index in [1.807, 2.05) is 10.6 Å². The van der Waals surface area contributed by atoms with Gasteiger partial charge in [-0.3, -0.25) is 5.43 Å². The molecule has 3 heterocycles. The lowest BCUT2D eigenvalue weighted by Crippen LogP contribution is -2.40. The number of imidazole rings is 1. The molecule has 0 aromatic carbocycles. The van der Waals surface area contributed by atoms with E-state index in [2.05, 4.69) is 20.4 Å². The third kappa shape index (κ3) is 2.02. The topological polar surface area (TPSA) is 80.7 Å². The van der Waals surface area contributed by atoms with Gasteiger partial charge in [-0.1, -0.05) is 0 Å². The van der Waals surface area contributed by atoms with E-state index in [-0.39, 0.29) is 0 Å². The highest BCUT2D eigenvalue weighted by atomic mass is 16.5. The van der Waals surface area contributed by atoms with Gasteiger partial charge in [0.05, 0.1) is 19.4 Å². The first-order valence-corrected chi connectivity index (χ1v) is 5.51. The number of aromatic nitrogens is 3. The van der Waals surface area contributed by atoms with Crippen LogP contribution in [0, 0.1) is 0 Å². The summed E-state index contributed by atoms with van der Waals surface area (Å²) in [5.74, 6) is 1.14. The van der Waals surface area contributed by atoms with Crippen LogP contribution < -0.4 is 11.2 Å². The van der Waals surface area contributed by atoms with Gasteiger partial charge in [0.2, 0.25) is 0 Å². The monoisotopic (exact) mass is 234 g/mol. The maximum atomic E-state index is 5.75. The molecule has 0 unspecified atom stereocenters. The average Bonchev–Trinajstić information content (AvgIpc) is 2.78. The van der Waals surface area contributed by atoms with Gasteiger partial charge in [-0.25, -0.2) is 15.0 Å². The molecule has 0 radical (unpaired) electrons. The van der Waals surface area contributed by atoms with E-state index in [4.69, 9.17) is 10.5 Å². The first kappa shape index (κ1) is 10.3. The second-order valence-electron chi connectivity index (χ2n) is 3.88. The third-order valence-corrected chi connectivity index (χ3v) is 2.67. The van der Waals surface area contributed by atoms with Gasteiger partial charge in [-0.2, -0.15) is 0 Å². The van der Waals surface area contributed by atoms with Crippen molar-refractivity contribution in [2.45, 2.75) is 0 Å². The zero-order valence-electron chi connectivity index (χ0n) is 9.33. The second kappa shape index (κ2) is 4.19. The Morgan fingerprint density at radius 1 is 1.35 bits per heavy atom. The first-order valence-electron chi connectivity index (χ1n) is 5.51. The summed E-state index contributed by atoms with van der Waals surface area (Å²) in [6, 6.07) is 0. The van der Waals surface area contributed by atoms with Crippen molar-refractivity contribution in [2.24, 2.45) is 0 Å². The van der Waals surface area contributed by atoms with E-state index < -0.39 is 0 Å². The van der Waals surface area contributed by atoms with E-state index in [9.17, 15) is 0 Å². The van der Waals surface area contributed by atoms with Crippen LogP contribution in [-0.4, -0.2) is 45.7 Å². The fraction of sp³-hybridized carbons (Fsp3) is 0.400. The number of nitrogen functional groups attached to an aromatic ring is 1. The van der Waals surface area contributed by atoms with Crippen LogP contribution in [0.25, 0.3) is 5.65 Å². The van der Waals surface area contributed by atoms with Gasteiger partial charge < -0.3 is 14.9 Å². The molecule has 3 N–H and O–H groups in total. The summed E-state index contributed by atoms with van der Waals surface area (Å²) >= 11 is 0. The minimum absolute atomic E-state index is 0.464. The molecule has 1 aliphatic rings. The smallest absolute Gasteiger partial charge is 0.186 e. The number of hydrogen-bond donors (Lipinski definition) is 2. The molecule has 1 fully saturated rings. The molecule has 0 amide bonds. The normalized spacial score (nSPS) is 17.4. The molecule has 7 nitrogen and oxygen atoms in total. The van der Waals surface area contributed by atoms with Crippen LogP contribution in [0.1, 0.15) is 0 Å². The molecule has 3 rings (SSSR count). The Kier molecular flexibility index (Phi) is 2.54. The standard InChI is InChI=1S/C10H14N6O/c11-8-7-15-2-1-12-10(15)9(13-8)14-16-3-5-17-6-4-16/h1-2,7H,3-6,11H2,(H,13,14). The van der Waals surface area contributed by atoms with E-state index >= 15 is 0 Å². The summed E-state index contributed by atoms with van der Waals surface area (Å²) in [4.78, 5) is 8.52. The summed E-state index contributed by atoms with van der Waals surface area (Å²) in [6.45, 7) is 3.09. The van der Waals surface area contributed by atoms with E-state index in [1.165, 1.54) is 0 Å². The molecule has 0 aliphatic carbocycles. The Bertz CT molecular complexity index is 518. The van der Waals surface area contributed by atoms with Gasteiger partial charge in [-0.15, -0.1) is 0 Å². The predicted molar refractivity (Wildman–Crippen MR) is 63.4 cm³/mol. The Morgan fingerprint density at radius 2 is 2.18 bits per heavy atom. The van der Waals surface area contributed by atoms with Crippen molar-refractivity contribution in [2.75, 3.05) is 37.5 Å². The number of anilines is 2. The van der Waals surface area contributed by atoms with Gasteiger partial charge >= 0.3 is 0 Å². The molecule has 0 spiro atoms. The number of nitrogens with two attached hydrogens (primary N) is 1. The molecule has 17 heavy (non-hydrogen) atoms. The lowest BCUT2D eigenvalue weighted by atomic mass is 10.5. The Labute approximate surface area is 98.2 Å². The highest BCUT2D eigenvalue weighted by Gasteiger charge is 2.13. The zero-order valence-corrected chi connectivity index (χ0v) is 9.33. The molecule has 7 heteroatoms. The van der Waals surface area contributed by atoms with Crippen LogP contribution in [0.3, 0.4) is 0 Å². The van der Waals surface area contributed by atoms with Crippen LogP contribution in [0.15, 0.2) is 18.6 Å². The molecule has 1 saturated heterocycles. The van der Waals surface area contributed by atoms with Crippen molar-refractivity contribution in [1.82, 2.24) is 19.4 Å². The highest BCUT2D eigenvalue weighted by molar-refractivity contribution is 5.64. The summed E-state index contributed by atoms with van der Waals surface area (Å²) in [7, 11) is 0. The van der Waals surface area contributed by atoms with Gasteiger partial charge in [0, 0.05) is 25.5 Å². The molecule has 0 saturated carbocycles. The number of rotatable bonds is 2. The van der Waals surface area contributed by atoms with Crippen molar-refractivity contribution in [3.8, 4) is 0 Å². The third-order valence-electron chi connectivity index (χ3n) is 2.67. The molecular weight excluding hydrogens is 220 g/mol. The summed E-state index contributed by atoms with van der Waals surface area (Å²) < 4.78 is 7.14. The van der Waals surface area contributed by atoms with Crippen LogP contribution in [0.4, 0.5) is 11.6 Å². The molecule has 0 atom stereocenters. The molecular formula is C10H14N6O. The molecule has 2 aromatic rings. The molecule has 2 aromatic heterocycles. The minimum Gasteiger partial charge on any atom is -0.382 e. The number of morpholine rings is 1. The number of ether oxygens (including phenoxy) is 1. The number of hydrogen-bond acceptors (Lipinski definition) is 6.